The third kappa shape index (κ3) is 4.35. The van der Waals surface area contributed by atoms with Crippen LogP contribution in [0.25, 0.3) is 0 Å². The van der Waals surface area contributed by atoms with Gasteiger partial charge in [0.15, 0.2) is 0 Å². The topological polar surface area (TPSA) is 82.6 Å². The van der Waals surface area contributed by atoms with Crippen molar-refractivity contribution < 1.29 is 14.4 Å². The Morgan fingerprint density at radius 1 is 0.833 bits per heavy atom. The Morgan fingerprint density at radius 2 is 1.50 bits per heavy atom. The highest BCUT2D eigenvalue weighted by molar-refractivity contribution is 5.98. The molecule has 0 bridgehead atoms. The van der Waals surface area contributed by atoms with Crippen LogP contribution in [0.2, 0.25) is 0 Å². The van der Waals surface area contributed by atoms with Gasteiger partial charge in [0.05, 0.1) is 0 Å². The number of carbonyl (C=O) groups excluding carboxylic acids is 3. The van der Waals surface area contributed by atoms with Crippen molar-refractivity contribution in [3.05, 3.63) is 66.0 Å². The van der Waals surface area contributed by atoms with Gasteiger partial charge in [-0.3, -0.25) is 19.4 Å². The second-order valence-electron chi connectivity index (χ2n) is 7.83. The van der Waals surface area contributed by atoms with E-state index in [1.54, 1.807) is 41.6 Å². The molecular formula is C23H26N4O3. The Kier molecular flexibility index (Phi) is 6.07. The second-order valence-corrected chi connectivity index (χ2v) is 7.83. The molecule has 3 amide bonds. The van der Waals surface area contributed by atoms with Gasteiger partial charge in [0, 0.05) is 49.2 Å². The fourth-order valence-corrected chi connectivity index (χ4v) is 4.23. The molecule has 7 heteroatoms. The molecular weight excluding hydrogens is 380 g/mol. The van der Waals surface area contributed by atoms with Crippen molar-refractivity contribution in [1.82, 2.24) is 20.1 Å². The molecule has 1 atom stereocenters. The summed E-state index contributed by atoms with van der Waals surface area (Å²) in [5.41, 5.74) is 1.24. The van der Waals surface area contributed by atoms with Crippen molar-refractivity contribution in [3.63, 3.8) is 0 Å². The van der Waals surface area contributed by atoms with Crippen molar-refractivity contribution in [2.24, 2.45) is 0 Å². The van der Waals surface area contributed by atoms with E-state index in [2.05, 4.69) is 10.3 Å². The fraction of sp³-hybridized carbons (Fsp3) is 0.391. The van der Waals surface area contributed by atoms with Gasteiger partial charge >= 0.3 is 0 Å². The first-order valence-corrected chi connectivity index (χ1v) is 10.5. The number of rotatable bonds is 4. The molecule has 3 heterocycles. The second kappa shape index (κ2) is 9.07. The van der Waals surface area contributed by atoms with Gasteiger partial charge in [0.25, 0.3) is 11.8 Å². The first-order valence-electron chi connectivity index (χ1n) is 10.5. The summed E-state index contributed by atoms with van der Waals surface area (Å²) >= 11 is 0. The van der Waals surface area contributed by atoms with Crippen LogP contribution in [0.5, 0.6) is 0 Å². The van der Waals surface area contributed by atoms with Crippen molar-refractivity contribution in [3.8, 4) is 0 Å². The molecule has 0 aliphatic carbocycles. The first-order chi connectivity index (χ1) is 14.6. The molecule has 2 fully saturated rings. The van der Waals surface area contributed by atoms with E-state index in [1.807, 2.05) is 23.1 Å². The Labute approximate surface area is 176 Å². The standard InChI is InChI=1S/C23H26N4O3/c28-21(20-7-4-14-27(20)23(30)17-5-2-1-3-6-17)25-19-10-15-26(16-11-19)22(29)18-8-12-24-13-9-18/h1-3,5-6,8-9,12-13,19-20H,4,7,10-11,14-16H2,(H,25,28). The summed E-state index contributed by atoms with van der Waals surface area (Å²) in [6.45, 7) is 1.80. The van der Waals surface area contributed by atoms with Gasteiger partial charge < -0.3 is 15.1 Å². The van der Waals surface area contributed by atoms with Gasteiger partial charge in [-0.05, 0) is 49.9 Å². The van der Waals surface area contributed by atoms with Crippen LogP contribution in [0.15, 0.2) is 54.9 Å². The summed E-state index contributed by atoms with van der Waals surface area (Å²) < 4.78 is 0. The Morgan fingerprint density at radius 3 is 2.20 bits per heavy atom. The zero-order valence-corrected chi connectivity index (χ0v) is 16.9. The molecule has 1 N–H and O–H groups in total. The summed E-state index contributed by atoms with van der Waals surface area (Å²) in [4.78, 5) is 45.7. The number of amides is 3. The lowest BCUT2D eigenvalue weighted by Crippen LogP contribution is -2.52. The third-order valence-corrected chi connectivity index (χ3v) is 5.89. The molecule has 0 saturated carbocycles. The Hall–Kier alpha value is -3.22. The molecule has 1 unspecified atom stereocenters. The molecule has 2 aromatic rings. The van der Waals surface area contributed by atoms with E-state index in [1.165, 1.54) is 0 Å². The number of carbonyl (C=O) groups is 3. The van der Waals surface area contributed by atoms with E-state index >= 15 is 0 Å². The molecule has 1 aromatic heterocycles. The minimum atomic E-state index is -0.422. The van der Waals surface area contributed by atoms with E-state index in [4.69, 9.17) is 0 Å². The molecule has 1 aromatic carbocycles. The van der Waals surface area contributed by atoms with E-state index in [0.717, 1.165) is 6.42 Å². The van der Waals surface area contributed by atoms with Gasteiger partial charge in [0.1, 0.15) is 6.04 Å². The lowest BCUT2D eigenvalue weighted by Gasteiger charge is -2.33. The van der Waals surface area contributed by atoms with E-state index in [9.17, 15) is 14.4 Å². The molecule has 2 aliphatic rings. The average Bonchev–Trinajstić information content (AvgIpc) is 3.30. The van der Waals surface area contributed by atoms with Gasteiger partial charge in [0.2, 0.25) is 5.91 Å². The lowest BCUT2D eigenvalue weighted by molar-refractivity contribution is -0.125. The average molecular weight is 406 g/mol. The van der Waals surface area contributed by atoms with Crippen LogP contribution in [0, 0.1) is 0 Å². The predicted molar refractivity (Wildman–Crippen MR) is 112 cm³/mol. The summed E-state index contributed by atoms with van der Waals surface area (Å²) in [5.74, 6) is -0.181. The first kappa shape index (κ1) is 20.1. The third-order valence-electron chi connectivity index (χ3n) is 5.89. The van der Waals surface area contributed by atoms with E-state index in [-0.39, 0.29) is 23.8 Å². The van der Waals surface area contributed by atoms with Crippen LogP contribution in [0.3, 0.4) is 0 Å². The SMILES string of the molecule is O=C(NC1CCN(C(=O)c2ccncc2)CC1)C1CCCN1C(=O)c1ccccc1. The molecule has 0 spiro atoms. The quantitative estimate of drug-likeness (QED) is 0.843. The number of piperidine rings is 1. The smallest absolute Gasteiger partial charge is 0.254 e. The molecule has 156 valence electrons. The summed E-state index contributed by atoms with van der Waals surface area (Å²) in [5, 5.41) is 3.12. The highest BCUT2D eigenvalue weighted by atomic mass is 16.2. The van der Waals surface area contributed by atoms with E-state index in [0.29, 0.717) is 50.0 Å². The maximum Gasteiger partial charge on any atom is 0.254 e. The van der Waals surface area contributed by atoms with Crippen molar-refractivity contribution in [2.45, 2.75) is 37.8 Å². The number of hydrogen-bond acceptors (Lipinski definition) is 4. The number of aromatic nitrogens is 1. The number of hydrogen-bond donors (Lipinski definition) is 1. The number of pyridine rings is 1. The molecule has 4 rings (SSSR count). The number of nitrogens with one attached hydrogen (secondary N) is 1. The van der Waals surface area contributed by atoms with E-state index < -0.39 is 6.04 Å². The molecule has 2 aliphatic heterocycles. The molecule has 30 heavy (non-hydrogen) atoms. The van der Waals surface area contributed by atoms with Gasteiger partial charge in [-0.1, -0.05) is 18.2 Å². The minimum Gasteiger partial charge on any atom is -0.351 e. The largest absolute Gasteiger partial charge is 0.351 e. The maximum atomic E-state index is 12.9. The zero-order valence-electron chi connectivity index (χ0n) is 16.9. The van der Waals surface area contributed by atoms with Crippen LogP contribution in [-0.2, 0) is 4.79 Å². The van der Waals surface area contributed by atoms with Crippen LogP contribution < -0.4 is 5.32 Å². The van der Waals surface area contributed by atoms with Gasteiger partial charge in [-0.25, -0.2) is 0 Å². The van der Waals surface area contributed by atoms with Crippen molar-refractivity contribution in [2.75, 3.05) is 19.6 Å². The maximum absolute atomic E-state index is 12.9. The molecule has 2 saturated heterocycles. The zero-order chi connectivity index (χ0) is 20.9. The van der Waals surface area contributed by atoms with Gasteiger partial charge in [-0.15, -0.1) is 0 Å². The molecule has 7 nitrogen and oxygen atoms in total. The predicted octanol–water partition coefficient (Wildman–Crippen LogP) is 2.11. The molecule has 0 radical (unpaired) electrons. The van der Waals surface area contributed by atoms with Crippen molar-refractivity contribution >= 4 is 17.7 Å². The normalized spacial score (nSPS) is 19.5. The number of nitrogens with zero attached hydrogens (tertiary/aromatic N) is 3. The fourth-order valence-electron chi connectivity index (χ4n) is 4.23. The number of benzene rings is 1. The Balaban J connectivity index is 1.31. The van der Waals surface area contributed by atoms with Crippen LogP contribution in [0.1, 0.15) is 46.4 Å². The summed E-state index contributed by atoms with van der Waals surface area (Å²) in [6, 6.07) is 12.1. The monoisotopic (exact) mass is 406 g/mol. The minimum absolute atomic E-state index is 0.00222. The summed E-state index contributed by atoms with van der Waals surface area (Å²) in [6.07, 6.45) is 6.16. The Bertz CT molecular complexity index is 895. The van der Waals surface area contributed by atoms with Crippen LogP contribution in [-0.4, -0.2) is 64.2 Å². The lowest BCUT2D eigenvalue weighted by atomic mass is 10.0. The highest BCUT2D eigenvalue weighted by Gasteiger charge is 2.36. The highest BCUT2D eigenvalue weighted by Crippen LogP contribution is 2.21. The number of likely N-dealkylation sites (tertiary alicyclic amines) is 2. The van der Waals surface area contributed by atoms with Crippen LogP contribution >= 0.6 is 0 Å². The van der Waals surface area contributed by atoms with Gasteiger partial charge in [-0.2, -0.15) is 0 Å². The van der Waals surface area contributed by atoms with Crippen molar-refractivity contribution in [1.29, 1.82) is 0 Å². The van der Waals surface area contributed by atoms with Crippen LogP contribution in [0.4, 0.5) is 0 Å². The summed E-state index contributed by atoms with van der Waals surface area (Å²) in [7, 11) is 0.